The molecule has 1 atom stereocenters. The average Bonchev–Trinajstić information content (AvgIpc) is 2.71. The van der Waals surface area contributed by atoms with Crippen molar-refractivity contribution in [2.24, 2.45) is 0 Å². The van der Waals surface area contributed by atoms with Crippen molar-refractivity contribution in [2.75, 3.05) is 13.1 Å². The van der Waals surface area contributed by atoms with E-state index in [1.54, 1.807) is 0 Å². The number of rotatable bonds is 3. The first-order chi connectivity index (χ1) is 7.24. The molecule has 0 aromatic heterocycles. The standard InChI is InChI=1S/C12H16ClNO/c1-2-12(7-8-14-9-12)15-11-5-3-10(13)4-6-11/h3-6,14H,2,7-9H2,1H3. The largest absolute Gasteiger partial charge is 0.486 e. The lowest BCUT2D eigenvalue weighted by molar-refractivity contribution is 0.0858. The molecule has 1 heterocycles. The van der Waals surface area contributed by atoms with Gasteiger partial charge in [0.05, 0.1) is 0 Å². The Morgan fingerprint density at radius 2 is 2.13 bits per heavy atom. The minimum absolute atomic E-state index is 0.0200. The highest BCUT2D eigenvalue weighted by Crippen LogP contribution is 2.27. The van der Waals surface area contributed by atoms with Crippen LogP contribution in [0.2, 0.25) is 5.02 Å². The number of halogens is 1. The highest BCUT2D eigenvalue weighted by Gasteiger charge is 2.33. The third kappa shape index (κ3) is 2.44. The lowest BCUT2D eigenvalue weighted by atomic mass is 10.00. The number of hydrogen-bond acceptors (Lipinski definition) is 2. The normalized spacial score (nSPS) is 25.5. The highest BCUT2D eigenvalue weighted by atomic mass is 35.5. The smallest absolute Gasteiger partial charge is 0.122 e. The summed E-state index contributed by atoms with van der Waals surface area (Å²) in [6.07, 6.45) is 2.11. The highest BCUT2D eigenvalue weighted by molar-refractivity contribution is 6.30. The fourth-order valence-electron chi connectivity index (χ4n) is 1.93. The average molecular weight is 226 g/mol. The fourth-order valence-corrected chi connectivity index (χ4v) is 2.06. The molecule has 1 aliphatic rings. The van der Waals surface area contributed by atoms with Gasteiger partial charge in [-0.2, -0.15) is 0 Å². The summed E-state index contributed by atoms with van der Waals surface area (Å²) < 4.78 is 6.05. The van der Waals surface area contributed by atoms with Crippen LogP contribution in [0.15, 0.2) is 24.3 Å². The van der Waals surface area contributed by atoms with Gasteiger partial charge in [-0.3, -0.25) is 0 Å². The van der Waals surface area contributed by atoms with Gasteiger partial charge in [0, 0.05) is 18.0 Å². The van der Waals surface area contributed by atoms with Gasteiger partial charge in [-0.15, -0.1) is 0 Å². The lowest BCUT2D eigenvalue weighted by Gasteiger charge is -2.28. The molecule has 0 saturated carbocycles. The van der Waals surface area contributed by atoms with Crippen molar-refractivity contribution >= 4 is 11.6 Å². The number of benzene rings is 1. The molecule has 0 aliphatic carbocycles. The number of ether oxygens (including phenoxy) is 1. The van der Waals surface area contributed by atoms with Gasteiger partial charge in [0.15, 0.2) is 0 Å². The molecule has 0 amide bonds. The Morgan fingerprint density at radius 1 is 1.40 bits per heavy atom. The van der Waals surface area contributed by atoms with Crippen LogP contribution in [-0.2, 0) is 0 Å². The second-order valence-corrected chi connectivity index (χ2v) is 4.46. The molecule has 1 saturated heterocycles. The van der Waals surface area contributed by atoms with E-state index in [0.29, 0.717) is 0 Å². The van der Waals surface area contributed by atoms with Gasteiger partial charge >= 0.3 is 0 Å². The molecular formula is C12H16ClNO. The Hall–Kier alpha value is -0.730. The van der Waals surface area contributed by atoms with Gasteiger partial charge in [0.25, 0.3) is 0 Å². The van der Waals surface area contributed by atoms with Gasteiger partial charge in [-0.1, -0.05) is 18.5 Å². The van der Waals surface area contributed by atoms with Crippen LogP contribution >= 0.6 is 11.6 Å². The molecule has 1 aromatic carbocycles. The van der Waals surface area contributed by atoms with Gasteiger partial charge in [0.2, 0.25) is 0 Å². The Balaban J connectivity index is 2.09. The van der Waals surface area contributed by atoms with Crippen LogP contribution in [0, 0.1) is 0 Å². The summed E-state index contributed by atoms with van der Waals surface area (Å²) in [5, 5.41) is 4.09. The van der Waals surface area contributed by atoms with Gasteiger partial charge in [0.1, 0.15) is 11.4 Å². The summed E-state index contributed by atoms with van der Waals surface area (Å²) in [7, 11) is 0. The number of nitrogens with one attached hydrogen (secondary N) is 1. The first-order valence-corrected chi connectivity index (χ1v) is 5.77. The molecule has 1 aromatic rings. The minimum atomic E-state index is -0.0200. The van der Waals surface area contributed by atoms with E-state index in [1.807, 2.05) is 24.3 Å². The van der Waals surface area contributed by atoms with Gasteiger partial charge < -0.3 is 10.1 Å². The molecule has 0 radical (unpaired) electrons. The molecule has 2 rings (SSSR count). The van der Waals surface area contributed by atoms with Crippen molar-refractivity contribution in [3.8, 4) is 5.75 Å². The van der Waals surface area contributed by atoms with Crippen LogP contribution < -0.4 is 10.1 Å². The topological polar surface area (TPSA) is 21.3 Å². The predicted octanol–water partition coefficient (Wildman–Crippen LogP) is 2.86. The van der Waals surface area contributed by atoms with E-state index in [0.717, 1.165) is 36.7 Å². The van der Waals surface area contributed by atoms with E-state index >= 15 is 0 Å². The molecule has 82 valence electrons. The quantitative estimate of drug-likeness (QED) is 0.854. The molecule has 15 heavy (non-hydrogen) atoms. The molecular weight excluding hydrogens is 210 g/mol. The van der Waals surface area contributed by atoms with E-state index < -0.39 is 0 Å². The molecule has 2 nitrogen and oxygen atoms in total. The van der Waals surface area contributed by atoms with Crippen LogP contribution in [0.5, 0.6) is 5.75 Å². The van der Waals surface area contributed by atoms with Crippen molar-refractivity contribution < 1.29 is 4.74 Å². The van der Waals surface area contributed by atoms with E-state index in [-0.39, 0.29) is 5.60 Å². The zero-order chi connectivity index (χ0) is 10.7. The van der Waals surface area contributed by atoms with Crippen LogP contribution in [-0.4, -0.2) is 18.7 Å². The monoisotopic (exact) mass is 225 g/mol. The van der Waals surface area contributed by atoms with E-state index in [4.69, 9.17) is 16.3 Å². The third-order valence-corrected chi connectivity index (χ3v) is 3.25. The Bertz CT molecular complexity index is 317. The predicted molar refractivity (Wildman–Crippen MR) is 62.6 cm³/mol. The number of hydrogen-bond donors (Lipinski definition) is 1. The summed E-state index contributed by atoms with van der Waals surface area (Å²) in [5.41, 5.74) is -0.0200. The van der Waals surface area contributed by atoms with Crippen molar-refractivity contribution in [3.05, 3.63) is 29.3 Å². The zero-order valence-electron chi connectivity index (χ0n) is 8.92. The first kappa shape index (κ1) is 10.8. The second-order valence-electron chi connectivity index (χ2n) is 4.02. The van der Waals surface area contributed by atoms with Gasteiger partial charge in [-0.05, 0) is 37.2 Å². The maximum Gasteiger partial charge on any atom is 0.122 e. The summed E-state index contributed by atoms with van der Waals surface area (Å²) in [5.74, 6) is 0.907. The van der Waals surface area contributed by atoms with E-state index in [1.165, 1.54) is 0 Å². The molecule has 0 bridgehead atoms. The molecule has 0 spiro atoms. The van der Waals surface area contributed by atoms with Crippen molar-refractivity contribution in [2.45, 2.75) is 25.4 Å². The zero-order valence-corrected chi connectivity index (χ0v) is 9.68. The molecule has 1 aliphatic heterocycles. The van der Waals surface area contributed by atoms with Crippen molar-refractivity contribution in [3.63, 3.8) is 0 Å². The molecule has 1 fully saturated rings. The lowest BCUT2D eigenvalue weighted by Crippen LogP contribution is -2.37. The molecule has 1 unspecified atom stereocenters. The van der Waals surface area contributed by atoms with Crippen LogP contribution in [0.3, 0.4) is 0 Å². The van der Waals surface area contributed by atoms with Gasteiger partial charge in [-0.25, -0.2) is 0 Å². The molecule has 1 N–H and O–H groups in total. The Labute approximate surface area is 95.6 Å². The maximum atomic E-state index is 6.05. The summed E-state index contributed by atoms with van der Waals surface area (Å²) in [6.45, 7) is 4.15. The summed E-state index contributed by atoms with van der Waals surface area (Å²) in [4.78, 5) is 0. The Kier molecular flexibility index (Phi) is 3.17. The minimum Gasteiger partial charge on any atom is -0.486 e. The van der Waals surface area contributed by atoms with Crippen molar-refractivity contribution in [1.82, 2.24) is 5.32 Å². The maximum absolute atomic E-state index is 6.05. The van der Waals surface area contributed by atoms with Crippen LogP contribution in [0.4, 0.5) is 0 Å². The third-order valence-electron chi connectivity index (χ3n) is 3.00. The summed E-state index contributed by atoms with van der Waals surface area (Å²) in [6, 6.07) is 7.58. The fraction of sp³-hybridized carbons (Fsp3) is 0.500. The van der Waals surface area contributed by atoms with E-state index in [2.05, 4.69) is 12.2 Å². The van der Waals surface area contributed by atoms with Crippen molar-refractivity contribution in [1.29, 1.82) is 0 Å². The SMILES string of the molecule is CCC1(Oc2ccc(Cl)cc2)CCNC1. The first-order valence-electron chi connectivity index (χ1n) is 5.39. The molecule has 3 heteroatoms. The second kappa shape index (κ2) is 4.42. The Morgan fingerprint density at radius 3 is 2.67 bits per heavy atom. The van der Waals surface area contributed by atoms with E-state index in [9.17, 15) is 0 Å². The van der Waals surface area contributed by atoms with Crippen LogP contribution in [0.1, 0.15) is 19.8 Å². The summed E-state index contributed by atoms with van der Waals surface area (Å²) >= 11 is 5.83. The van der Waals surface area contributed by atoms with Crippen LogP contribution in [0.25, 0.3) is 0 Å².